The summed E-state index contributed by atoms with van der Waals surface area (Å²) in [5, 5.41) is 4.28. The number of aromatic nitrogens is 2. The Morgan fingerprint density at radius 1 is 1.35 bits per heavy atom. The molecule has 106 valence electrons. The number of nitrogens with zero attached hydrogens (tertiary/aromatic N) is 2. The second-order valence-corrected chi connectivity index (χ2v) is 4.83. The number of ether oxygens (including phenoxy) is 2. The van der Waals surface area contributed by atoms with E-state index in [1.54, 1.807) is 18.8 Å². The number of thiocarbonyl (C=S) groups is 1. The summed E-state index contributed by atoms with van der Waals surface area (Å²) in [7, 11) is 3.44. The molecule has 0 radical (unpaired) electrons. The van der Waals surface area contributed by atoms with Crippen LogP contribution in [-0.2, 0) is 13.7 Å². The van der Waals surface area contributed by atoms with Crippen LogP contribution in [0.1, 0.15) is 16.8 Å². The summed E-state index contributed by atoms with van der Waals surface area (Å²) in [6.07, 6.45) is 0. The van der Waals surface area contributed by atoms with Gasteiger partial charge in [0.05, 0.1) is 18.4 Å². The summed E-state index contributed by atoms with van der Waals surface area (Å²) < 4.78 is 12.6. The summed E-state index contributed by atoms with van der Waals surface area (Å²) in [4.78, 5) is 0.292. The molecule has 0 aliphatic heterocycles. The zero-order valence-corrected chi connectivity index (χ0v) is 12.5. The minimum absolute atomic E-state index is 0.292. The van der Waals surface area contributed by atoms with Gasteiger partial charge in [0, 0.05) is 7.05 Å². The third-order valence-corrected chi connectivity index (χ3v) is 3.15. The van der Waals surface area contributed by atoms with E-state index in [2.05, 4.69) is 5.10 Å². The van der Waals surface area contributed by atoms with Crippen molar-refractivity contribution in [3.8, 4) is 11.6 Å². The molecule has 0 bridgehead atoms. The molecule has 1 heterocycles. The molecule has 2 rings (SSSR count). The zero-order valence-electron chi connectivity index (χ0n) is 11.7. The summed E-state index contributed by atoms with van der Waals surface area (Å²) in [6.45, 7) is 2.27. The van der Waals surface area contributed by atoms with E-state index in [0.717, 1.165) is 17.0 Å². The second kappa shape index (κ2) is 5.92. The van der Waals surface area contributed by atoms with Gasteiger partial charge in [0.2, 0.25) is 5.88 Å². The first-order chi connectivity index (χ1) is 9.52. The largest absolute Gasteiger partial charge is 0.497 e. The maximum atomic E-state index is 5.80. The molecule has 0 aliphatic carbocycles. The molecule has 1 aromatic carbocycles. The van der Waals surface area contributed by atoms with Crippen LogP contribution in [0.2, 0.25) is 0 Å². The van der Waals surface area contributed by atoms with Crippen molar-refractivity contribution in [2.45, 2.75) is 13.5 Å². The summed E-state index contributed by atoms with van der Waals surface area (Å²) in [6, 6.07) is 7.67. The third-order valence-electron chi connectivity index (χ3n) is 2.95. The van der Waals surface area contributed by atoms with Gasteiger partial charge in [-0.25, -0.2) is 4.68 Å². The standard InChI is InChI=1S/C14H17N3O2S/c1-9-12(13(15)20)14(17(2)16-9)19-8-10-4-6-11(18-3)7-5-10/h4-7H,8H2,1-3H3,(H2,15,20). The Balaban J connectivity index is 2.16. The van der Waals surface area contributed by atoms with Gasteiger partial charge < -0.3 is 15.2 Å². The van der Waals surface area contributed by atoms with E-state index in [9.17, 15) is 0 Å². The molecule has 0 aliphatic rings. The Kier molecular flexibility index (Phi) is 4.24. The zero-order chi connectivity index (χ0) is 14.7. The first-order valence-electron chi connectivity index (χ1n) is 6.12. The van der Waals surface area contributed by atoms with Crippen molar-refractivity contribution in [3.63, 3.8) is 0 Å². The molecule has 2 aromatic rings. The van der Waals surface area contributed by atoms with Crippen molar-refractivity contribution in [1.82, 2.24) is 9.78 Å². The molecule has 0 spiro atoms. The number of aryl methyl sites for hydroxylation is 2. The van der Waals surface area contributed by atoms with Gasteiger partial charge in [-0.15, -0.1) is 0 Å². The van der Waals surface area contributed by atoms with Crippen LogP contribution < -0.4 is 15.2 Å². The number of nitrogens with two attached hydrogens (primary N) is 1. The SMILES string of the molecule is COc1ccc(COc2c(C(N)=S)c(C)nn2C)cc1. The molecule has 0 saturated heterocycles. The topological polar surface area (TPSA) is 62.3 Å². The van der Waals surface area contributed by atoms with E-state index < -0.39 is 0 Å². The third kappa shape index (κ3) is 2.91. The lowest BCUT2D eigenvalue weighted by Crippen LogP contribution is -2.12. The second-order valence-electron chi connectivity index (χ2n) is 4.39. The maximum Gasteiger partial charge on any atom is 0.222 e. The molecule has 0 amide bonds. The Hall–Kier alpha value is -2.08. The average Bonchev–Trinajstić information content (AvgIpc) is 2.71. The summed E-state index contributed by atoms with van der Waals surface area (Å²) >= 11 is 5.04. The van der Waals surface area contributed by atoms with Gasteiger partial charge in [-0.2, -0.15) is 5.10 Å². The monoisotopic (exact) mass is 291 g/mol. The summed E-state index contributed by atoms with van der Waals surface area (Å²) in [5.74, 6) is 1.40. The lowest BCUT2D eigenvalue weighted by atomic mass is 10.2. The molecule has 0 atom stereocenters. The minimum Gasteiger partial charge on any atom is -0.497 e. The smallest absolute Gasteiger partial charge is 0.222 e. The van der Waals surface area contributed by atoms with E-state index in [-0.39, 0.29) is 0 Å². The highest BCUT2D eigenvalue weighted by molar-refractivity contribution is 7.80. The van der Waals surface area contributed by atoms with Crippen LogP contribution in [-0.4, -0.2) is 21.9 Å². The molecule has 0 unspecified atom stereocenters. The lowest BCUT2D eigenvalue weighted by molar-refractivity contribution is 0.278. The number of rotatable bonds is 5. The first-order valence-corrected chi connectivity index (χ1v) is 6.53. The van der Waals surface area contributed by atoms with E-state index in [4.69, 9.17) is 27.4 Å². The van der Waals surface area contributed by atoms with E-state index in [1.165, 1.54) is 0 Å². The van der Waals surface area contributed by atoms with Crippen LogP contribution >= 0.6 is 12.2 Å². The Bertz CT molecular complexity index is 620. The van der Waals surface area contributed by atoms with Crippen molar-refractivity contribution in [3.05, 3.63) is 41.1 Å². The van der Waals surface area contributed by atoms with Crippen LogP contribution in [0.25, 0.3) is 0 Å². The quantitative estimate of drug-likeness (QED) is 0.853. The highest BCUT2D eigenvalue weighted by Crippen LogP contribution is 2.22. The molecule has 0 saturated carbocycles. The predicted octanol–water partition coefficient (Wildman–Crippen LogP) is 1.95. The number of benzene rings is 1. The maximum absolute atomic E-state index is 5.80. The van der Waals surface area contributed by atoms with E-state index in [1.807, 2.05) is 31.2 Å². The Morgan fingerprint density at radius 2 is 2.00 bits per heavy atom. The molecule has 6 heteroatoms. The molecular formula is C14H17N3O2S. The van der Waals surface area contributed by atoms with Gasteiger partial charge in [-0.1, -0.05) is 24.4 Å². The highest BCUT2D eigenvalue weighted by atomic mass is 32.1. The number of hydrogen-bond donors (Lipinski definition) is 1. The van der Waals surface area contributed by atoms with Crippen molar-refractivity contribution < 1.29 is 9.47 Å². The molecule has 5 nitrogen and oxygen atoms in total. The van der Waals surface area contributed by atoms with Gasteiger partial charge in [0.15, 0.2) is 0 Å². The molecule has 2 N–H and O–H groups in total. The van der Waals surface area contributed by atoms with E-state index in [0.29, 0.717) is 23.0 Å². The lowest BCUT2D eigenvalue weighted by Gasteiger charge is -2.09. The van der Waals surface area contributed by atoms with Gasteiger partial charge in [0.1, 0.15) is 17.3 Å². The normalized spacial score (nSPS) is 10.3. The molecule has 0 fully saturated rings. The van der Waals surface area contributed by atoms with E-state index >= 15 is 0 Å². The van der Waals surface area contributed by atoms with Crippen molar-refractivity contribution in [2.24, 2.45) is 12.8 Å². The van der Waals surface area contributed by atoms with Crippen LogP contribution in [0.4, 0.5) is 0 Å². The first kappa shape index (κ1) is 14.3. The Labute approximate surface area is 123 Å². The van der Waals surface area contributed by atoms with Gasteiger partial charge in [-0.05, 0) is 24.6 Å². The van der Waals surface area contributed by atoms with Crippen LogP contribution in [0.15, 0.2) is 24.3 Å². The van der Waals surface area contributed by atoms with Gasteiger partial charge in [0.25, 0.3) is 0 Å². The molecule has 1 aromatic heterocycles. The minimum atomic E-state index is 0.292. The van der Waals surface area contributed by atoms with Crippen LogP contribution in [0.5, 0.6) is 11.6 Å². The average molecular weight is 291 g/mol. The summed E-state index contributed by atoms with van der Waals surface area (Å²) in [5.41, 5.74) is 8.20. The number of hydrogen-bond acceptors (Lipinski definition) is 4. The Morgan fingerprint density at radius 3 is 2.55 bits per heavy atom. The molecular weight excluding hydrogens is 274 g/mol. The van der Waals surface area contributed by atoms with Crippen LogP contribution in [0.3, 0.4) is 0 Å². The molecule has 20 heavy (non-hydrogen) atoms. The van der Waals surface area contributed by atoms with Crippen molar-refractivity contribution in [2.75, 3.05) is 7.11 Å². The fraction of sp³-hybridized carbons (Fsp3) is 0.286. The van der Waals surface area contributed by atoms with Crippen molar-refractivity contribution >= 4 is 17.2 Å². The highest BCUT2D eigenvalue weighted by Gasteiger charge is 2.17. The fourth-order valence-corrected chi connectivity index (χ4v) is 2.19. The van der Waals surface area contributed by atoms with Crippen LogP contribution in [0, 0.1) is 6.92 Å². The number of methoxy groups -OCH3 is 1. The van der Waals surface area contributed by atoms with Gasteiger partial charge in [-0.3, -0.25) is 0 Å². The fourth-order valence-electron chi connectivity index (χ4n) is 1.96. The van der Waals surface area contributed by atoms with Gasteiger partial charge >= 0.3 is 0 Å². The predicted molar refractivity (Wildman–Crippen MR) is 81.2 cm³/mol. The van der Waals surface area contributed by atoms with Crippen molar-refractivity contribution in [1.29, 1.82) is 0 Å².